The van der Waals surface area contributed by atoms with Crippen molar-refractivity contribution in [2.75, 3.05) is 11.5 Å². The van der Waals surface area contributed by atoms with E-state index >= 15 is 0 Å². The second-order valence-corrected chi connectivity index (χ2v) is 6.75. The molecule has 0 spiro atoms. The minimum atomic E-state index is -2.97. The summed E-state index contributed by atoms with van der Waals surface area (Å²) in [5.41, 5.74) is 0.402. The molecule has 1 aromatic heterocycles. The Morgan fingerprint density at radius 2 is 2.32 bits per heavy atom. The van der Waals surface area contributed by atoms with Crippen LogP contribution in [-0.4, -0.2) is 47.0 Å². The average Bonchev–Trinajstić information content (AvgIpc) is 2.35. The van der Waals surface area contributed by atoms with Gasteiger partial charge in [0, 0.05) is 18.8 Å². The molecule has 1 saturated heterocycles. The molecule has 104 valence electrons. The minimum absolute atomic E-state index is 0.0358. The van der Waals surface area contributed by atoms with Gasteiger partial charge in [-0.25, -0.2) is 23.2 Å². The number of rotatable bonds is 4. The first-order valence-corrected chi connectivity index (χ1v) is 7.76. The Hall–Kier alpha value is -1.54. The third kappa shape index (κ3) is 3.71. The Morgan fingerprint density at radius 1 is 1.53 bits per heavy atom. The summed E-state index contributed by atoms with van der Waals surface area (Å²) in [6.45, 7) is 0.227. The predicted octanol–water partition coefficient (Wildman–Crippen LogP) is -0.158. The SMILES string of the molecule is O=C(O)c1cncnc1CNC1CCCS(=O)(=O)C1. The number of carbonyl (C=O) groups is 1. The molecule has 2 heterocycles. The molecule has 0 amide bonds. The van der Waals surface area contributed by atoms with E-state index in [1.54, 1.807) is 0 Å². The fourth-order valence-corrected chi connectivity index (χ4v) is 3.77. The molecule has 1 unspecified atom stereocenters. The molecule has 0 aromatic carbocycles. The van der Waals surface area contributed by atoms with Gasteiger partial charge < -0.3 is 10.4 Å². The first kappa shape index (κ1) is 13.9. The van der Waals surface area contributed by atoms with E-state index in [0.717, 1.165) is 6.42 Å². The van der Waals surface area contributed by atoms with E-state index in [2.05, 4.69) is 15.3 Å². The zero-order chi connectivity index (χ0) is 13.9. The number of aromatic nitrogens is 2. The summed E-state index contributed by atoms with van der Waals surface area (Å²) in [6.07, 6.45) is 3.92. The molecule has 0 bridgehead atoms. The number of aromatic carboxylic acids is 1. The molecule has 1 aliphatic heterocycles. The zero-order valence-electron chi connectivity index (χ0n) is 10.2. The van der Waals surface area contributed by atoms with Crippen LogP contribution < -0.4 is 5.32 Å². The van der Waals surface area contributed by atoms with Gasteiger partial charge in [0.25, 0.3) is 0 Å². The molecule has 1 aliphatic rings. The Morgan fingerprint density at radius 3 is 3.00 bits per heavy atom. The Balaban J connectivity index is 2.01. The van der Waals surface area contributed by atoms with Gasteiger partial charge in [0.15, 0.2) is 9.84 Å². The second-order valence-electron chi connectivity index (χ2n) is 4.52. The lowest BCUT2D eigenvalue weighted by Crippen LogP contribution is -2.40. The van der Waals surface area contributed by atoms with Gasteiger partial charge in [-0.15, -0.1) is 0 Å². The van der Waals surface area contributed by atoms with Crippen LogP contribution in [0.4, 0.5) is 0 Å². The number of carboxylic acid groups (broad SMARTS) is 1. The van der Waals surface area contributed by atoms with Crippen LogP contribution in [0.1, 0.15) is 28.9 Å². The van der Waals surface area contributed by atoms with Crippen LogP contribution in [0.2, 0.25) is 0 Å². The zero-order valence-corrected chi connectivity index (χ0v) is 11.1. The van der Waals surface area contributed by atoms with E-state index in [1.165, 1.54) is 12.5 Å². The lowest BCUT2D eigenvalue weighted by Gasteiger charge is -2.23. The maximum Gasteiger partial charge on any atom is 0.339 e. The van der Waals surface area contributed by atoms with Crippen molar-refractivity contribution in [2.45, 2.75) is 25.4 Å². The number of nitrogens with one attached hydrogen (secondary N) is 1. The number of carboxylic acids is 1. The highest BCUT2D eigenvalue weighted by Crippen LogP contribution is 2.13. The molecule has 8 heteroatoms. The third-order valence-electron chi connectivity index (χ3n) is 3.05. The highest BCUT2D eigenvalue weighted by atomic mass is 32.2. The quantitative estimate of drug-likeness (QED) is 0.791. The smallest absolute Gasteiger partial charge is 0.339 e. The first-order chi connectivity index (χ1) is 8.98. The molecule has 2 N–H and O–H groups in total. The second kappa shape index (κ2) is 5.62. The van der Waals surface area contributed by atoms with Crippen LogP contribution in [0, 0.1) is 0 Å². The van der Waals surface area contributed by atoms with Crippen molar-refractivity contribution in [3.05, 3.63) is 23.8 Å². The Labute approximate surface area is 111 Å². The molecule has 2 rings (SSSR count). The average molecular weight is 285 g/mol. The van der Waals surface area contributed by atoms with Crippen molar-refractivity contribution >= 4 is 15.8 Å². The van der Waals surface area contributed by atoms with Crippen LogP contribution in [-0.2, 0) is 16.4 Å². The van der Waals surface area contributed by atoms with Crippen molar-refractivity contribution in [1.29, 1.82) is 0 Å². The van der Waals surface area contributed by atoms with Gasteiger partial charge in [-0.3, -0.25) is 0 Å². The van der Waals surface area contributed by atoms with Gasteiger partial charge in [0.1, 0.15) is 11.9 Å². The van der Waals surface area contributed by atoms with Crippen molar-refractivity contribution in [3.8, 4) is 0 Å². The third-order valence-corrected chi connectivity index (χ3v) is 4.87. The minimum Gasteiger partial charge on any atom is -0.478 e. The Bertz CT molecular complexity index is 573. The normalized spacial score (nSPS) is 22.0. The lowest BCUT2D eigenvalue weighted by atomic mass is 10.1. The molecule has 1 atom stereocenters. The fourth-order valence-electron chi connectivity index (χ4n) is 2.10. The van der Waals surface area contributed by atoms with Crippen molar-refractivity contribution in [2.24, 2.45) is 0 Å². The van der Waals surface area contributed by atoms with E-state index in [4.69, 9.17) is 5.11 Å². The Kier molecular flexibility index (Phi) is 4.11. The summed E-state index contributed by atoms with van der Waals surface area (Å²) in [7, 11) is -2.97. The molecule has 7 nitrogen and oxygen atoms in total. The van der Waals surface area contributed by atoms with Crippen molar-refractivity contribution in [3.63, 3.8) is 0 Å². The van der Waals surface area contributed by atoms with Gasteiger partial charge >= 0.3 is 5.97 Å². The fraction of sp³-hybridized carbons (Fsp3) is 0.545. The highest BCUT2D eigenvalue weighted by molar-refractivity contribution is 7.91. The summed E-state index contributed by atoms with van der Waals surface area (Å²) < 4.78 is 23.0. The van der Waals surface area contributed by atoms with E-state index in [0.29, 0.717) is 12.1 Å². The van der Waals surface area contributed by atoms with Gasteiger partial charge in [0.2, 0.25) is 0 Å². The molecule has 0 saturated carbocycles. The van der Waals surface area contributed by atoms with E-state index in [1.807, 2.05) is 0 Å². The molecule has 0 radical (unpaired) electrons. The van der Waals surface area contributed by atoms with Crippen LogP contribution in [0.25, 0.3) is 0 Å². The van der Waals surface area contributed by atoms with Crippen molar-refractivity contribution in [1.82, 2.24) is 15.3 Å². The first-order valence-electron chi connectivity index (χ1n) is 5.94. The summed E-state index contributed by atoms with van der Waals surface area (Å²) in [5.74, 6) is -0.756. The van der Waals surface area contributed by atoms with Crippen LogP contribution in [0.15, 0.2) is 12.5 Å². The van der Waals surface area contributed by atoms with Gasteiger partial charge in [-0.1, -0.05) is 0 Å². The summed E-state index contributed by atoms with van der Waals surface area (Å²) in [5, 5.41) is 12.0. The predicted molar refractivity (Wildman–Crippen MR) is 67.5 cm³/mol. The number of sulfone groups is 1. The molecule has 19 heavy (non-hydrogen) atoms. The summed E-state index contributed by atoms with van der Waals surface area (Å²) in [6, 6.07) is -0.143. The van der Waals surface area contributed by atoms with E-state index in [-0.39, 0.29) is 29.7 Å². The van der Waals surface area contributed by atoms with E-state index in [9.17, 15) is 13.2 Å². The summed E-state index contributed by atoms with van der Waals surface area (Å²) in [4.78, 5) is 18.6. The number of nitrogens with zero attached hydrogens (tertiary/aromatic N) is 2. The van der Waals surface area contributed by atoms with Gasteiger partial charge in [-0.05, 0) is 12.8 Å². The monoisotopic (exact) mass is 285 g/mol. The van der Waals surface area contributed by atoms with Crippen molar-refractivity contribution < 1.29 is 18.3 Å². The van der Waals surface area contributed by atoms with Crippen LogP contribution >= 0.6 is 0 Å². The number of hydrogen-bond acceptors (Lipinski definition) is 6. The van der Waals surface area contributed by atoms with Gasteiger partial charge in [-0.2, -0.15) is 0 Å². The standard InChI is InChI=1S/C11H15N3O4S/c15-11(16)9-4-12-7-14-10(9)5-13-8-2-1-3-19(17,18)6-8/h4,7-8,13H,1-3,5-6H2,(H,15,16). The molecule has 1 aromatic rings. The maximum atomic E-state index is 11.5. The highest BCUT2D eigenvalue weighted by Gasteiger charge is 2.24. The molecule has 1 fully saturated rings. The van der Waals surface area contributed by atoms with Crippen LogP contribution in [0.5, 0.6) is 0 Å². The molecular formula is C11H15N3O4S. The van der Waals surface area contributed by atoms with E-state index < -0.39 is 15.8 Å². The lowest BCUT2D eigenvalue weighted by molar-refractivity contribution is 0.0694. The molecule has 0 aliphatic carbocycles. The molecular weight excluding hydrogens is 270 g/mol. The van der Waals surface area contributed by atoms with Gasteiger partial charge in [0.05, 0.1) is 17.2 Å². The largest absolute Gasteiger partial charge is 0.478 e. The summed E-state index contributed by atoms with van der Waals surface area (Å²) >= 11 is 0. The maximum absolute atomic E-state index is 11.5. The number of hydrogen-bond donors (Lipinski definition) is 2. The topological polar surface area (TPSA) is 109 Å². The van der Waals surface area contributed by atoms with Crippen LogP contribution in [0.3, 0.4) is 0 Å².